The fraction of sp³-hybridized carbons (Fsp3) is 0.231. The van der Waals surface area contributed by atoms with Gasteiger partial charge < -0.3 is 9.47 Å². The Kier molecular flexibility index (Phi) is 7.78. The summed E-state index contributed by atoms with van der Waals surface area (Å²) in [5.41, 5.74) is 4.42. The van der Waals surface area contributed by atoms with Crippen molar-refractivity contribution >= 4 is 11.9 Å². The molecule has 0 aliphatic carbocycles. The van der Waals surface area contributed by atoms with E-state index in [1.54, 1.807) is 6.07 Å². The molecular weight excluding hydrogens is 376 g/mol. The van der Waals surface area contributed by atoms with Crippen LogP contribution in [-0.2, 0) is 33.9 Å². The van der Waals surface area contributed by atoms with Crippen LogP contribution in [0.15, 0.2) is 78.9 Å². The third-order valence-electron chi connectivity index (χ3n) is 4.76. The van der Waals surface area contributed by atoms with Crippen LogP contribution in [0.4, 0.5) is 0 Å². The maximum absolute atomic E-state index is 12.6. The van der Waals surface area contributed by atoms with Gasteiger partial charge in [-0.25, -0.2) is 4.79 Å². The maximum Gasteiger partial charge on any atom is 0.338 e. The molecular formula is C26H26O4. The van der Waals surface area contributed by atoms with Crippen LogP contribution in [0.25, 0.3) is 0 Å². The van der Waals surface area contributed by atoms with Gasteiger partial charge in [0, 0.05) is 6.42 Å². The Labute approximate surface area is 177 Å². The van der Waals surface area contributed by atoms with Gasteiger partial charge in [-0.15, -0.1) is 0 Å². The van der Waals surface area contributed by atoms with Gasteiger partial charge in [-0.05, 0) is 42.5 Å². The third-order valence-corrected chi connectivity index (χ3v) is 4.76. The van der Waals surface area contributed by atoms with Gasteiger partial charge in [0.05, 0.1) is 5.56 Å². The van der Waals surface area contributed by atoms with Crippen molar-refractivity contribution in [3.63, 3.8) is 0 Å². The summed E-state index contributed by atoms with van der Waals surface area (Å²) in [6.07, 6.45) is 1.52. The van der Waals surface area contributed by atoms with Crippen LogP contribution in [0.3, 0.4) is 0 Å². The van der Waals surface area contributed by atoms with Gasteiger partial charge in [-0.3, -0.25) is 4.79 Å². The number of carbonyl (C=O) groups excluding carboxylic acids is 2. The molecule has 3 aromatic carbocycles. The van der Waals surface area contributed by atoms with Crippen LogP contribution >= 0.6 is 0 Å². The van der Waals surface area contributed by atoms with Gasteiger partial charge in [-0.1, -0.05) is 78.4 Å². The Morgan fingerprint density at radius 2 is 1.37 bits per heavy atom. The van der Waals surface area contributed by atoms with Crippen LogP contribution in [-0.4, -0.2) is 11.9 Å². The molecule has 0 N–H and O–H groups in total. The molecule has 30 heavy (non-hydrogen) atoms. The molecule has 0 saturated heterocycles. The van der Waals surface area contributed by atoms with Crippen molar-refractivity contribution in [3.05, 3.63) is 107 Å². The lowest BCUT2D eigenvalue weighted by molar-refractivity contribution is -0.145. The first-order valence-electron chi connectivity index (χ1n) is 10.1. The minimum Gasteiger partial charge on any atom is -0.461 e. The molecule has 3 aromatic rings. The maximum atomic E-state index is 12.6. The highest BCUT2D eigenvalue weighted by Gasteiger charge is 2.14. The Bertz CT molecular complexity index is 965. The van der Waals surface area contributed by atoms with Gasteiger partial charge in [0.15, 0.2) is 0 Å². The monoisotopic (exact) mass is 402 g/mol. The first kappa shape index (κ1) is 21.3. The van der Waals surface area contributed by atoms with Crippen LogP contribution in [0.5, 0.6) is 0 Å². The van der Waals surface area contributed by atoms with E-state index in [0.29, 0.717) is 24.8 Å². The molecule has 0 aromatic heterocycles. The van der Waals surface area contributed by atoms with E-state index in [1.807, 2.05) is 79.7 Å². The number of hydrogen-bond donors (Lipinski definition) is 0. The fourth-order valence-electron chi connectivity index (χ4n) is 3.16. The fourth-order valence-corrected chi connectivity index (χ4v) is 3.16. The second kappa shape index (κ2) is 11.0. The summed E-state index contributed by atoms with van der Waals surface area (Å²) in [5, 5.41) is 0. The molecule has 0 heterocycles. The Morgan fingerprint density at radius 3 is 2.00 bits per heavy atom. The van der Waals surface area contributed by atoms with Crippen LogP contribution in [0, 0.1) is 6.92 Å². The van der Waals surface area contributed by atoms with Crippen LogP contribution < -0.4 is 0 Å². The third kappa shape index (κ3) is 6.59. The number of benzene rings is 3. The lowest BCUT2D eigenvalue weighted by Crippen LogP contribution is -2.10. The predicted octanol–water partition coefficient (Wildman–Crippen LogP) is 5.42. The minimum atomic E-state index is -0.347. The summed E-state index contributed by atoms with van der Waals surface area (Å²) in [5.74, 6) is -0.583. The average Bonchev–Trinajstić information content (AvgIpc) is 2.77. The standard InChI is InChI=1S/C26H26O4/c1-20-15-16-24(26(28)30-19-22-11-6-3-7-12-22)23(17-20)13-8-14-25(27)29-18-21-9-4-2-5-10-21/h2-7,9-12,15-17H,8,13-14,18-19H2,1H3. The minimum absolute atomic E-state index is 0.235. The van der Waals surface area contributed by atoms with Gasteiger partial charge in [0.2, 0.25) is 0 Å². The second-order valence-electron chi connectivity index (χ2n) is 7.22. The van der Waals surface area contributed by atoms with E-state index in [1.165, 1.54) is 0 Å². The van der Waals surface area contributed by atoms with Crippen LogP contribution in [0.2, 0.25) is 0 Å². The molecule has 0 unspecified atom stereocenters. The summed E-state index contributed by atoms with van der Waals surface area (Å²) in [6.45, 7) is 2.50. The largest absolute Gasteiger partial charge is 0.461 e. The molecule has 0 aliphatic heterocycles. The Balaban J connectivity index is 1.51. The van der Waals surface area contributed by atoms with Crippen molar-refractivity contribution < 1.29 is 19.1 Å². The van der Waals surface area contributed by atoms with E-state index in [-0.39, 0.29) is 25.2 Å². The highest BCUT2D eigenvalue weighted by atomic mass is 16.5. The molecule has 4 nitrogen and oxygen atoms in total. The molecule has 0 radical (unpaired) electrons. The number of esters is 2. The normalized spacial score (nSPS) is 10.4. The first-order valence-corrected chi connectivity index (χ1v) is 10.1. The van der Waals surface area contributed by atoms with Crippen molar-refractivity contribution in [1.82, 2.24) is 0 Å². The lowest BCUT2D eigenvalue weighted by atomic mass is 9.99. The summed E-state index contributed by atoms with van der Waals surface area (Å²) >= 11 is 0. The second-order valence-corrected chi connectivity index (χ2v) is 7.22. The molecule has 0 aliphatic rings. The number of hydrogen-bond acceptors (Lipinski definition) is 4. The molecule has 0 amide bonds. The zero-order valence-electron chi connectivity index (χ0n) is 17.2. The number of rotatable bonds is 9. The lowest BCUT2D eigenvalue weighted by Gasteiger charge is -2.11. The smallest absolute Gasteiger partial charge is 0.338 e. The Morgan fingerprint density at radius 1 is 0.767 bits per heavy atom. The zero-order chi connectivity index (χ0) is 21.2. The van der Waals surface area contributed by atoms with Crippen molar-refractivity contribution in [3.8, 4) is 0 Å². The number of carbonyl (C=O) groups is 2. The van der Waals surface area contributed by atoms with Gasteiger partial charge in [-0.2, -0.15) is 0 Å². The SMILES string of the molecule is Cc1ccc(C(=O)OCc2ccccc2)c(CCCC(=O)OCc2ccccc2)c1. The summed E-state index contributed by atoms with van der Waals surface area (Å²) in [7, 11) is 0. The molecule has 3 rings (SSSR count). The van der Waals surface area contributed by atoms with Gasteiger partial charge in [0.1, 0.15) is 13.2 Å². The molecule has 154 valence electrons. The topological polar surface area (TPSA) is 52.6 Å². The first-order chi connectivity index (χ1) is 14.6. The molecule has 0 fully saturated rings. The molecule has 0 spiro atoms. The van der Waals surface area contributed by atoms with E-state index < -0.39 is 0 Å². The van der Waals surface area contributed by atoms with Gasteiger partial charge >= 0.3 is 11.9 Å². The summed E-state index contributed by atoms with van der Waals surface area (Å²) in [4.78, 5) is 24.6. The summed E-state index contributed by atoms with van der Waals surface area (Å²) in [6, 6.07) is 24.9. The van der Waals surface area contributed by atoms with Crippen molar-refractivity contribution in [1.29, 1.82) is 0 Å². The van der Waals surface area contributed by atoms with Crippen molar-refractivity contribution in [2.24, 2.45) is 0 Å². The summed E-state index contributed by atoms with van der Waals surface area (Å²) < 4.78 is 10.8. The quantitative estimate of drug-likeness (QED) is 0.449. The number of aryl methyl sites for hydroxylation is 2. The Hall–Kier alpha value is -3.40. The van der Waals surface area contributed by atoms with Crippen LogP contribution in [0.1, 0.15) is 45.5 Å². The van der Waals surface area contributed by atoms with Crippen molar-refractivity contribution in [2.75, 3.05) is 0 Å². The molecule has 0 atom stereocenters. The van der Waals surface area contributed by atoms with E-state index >= 15 is 0 Å². The average molecular weight is 402 g/mol. The van der Waals surface area contributed by atoms with E-state index in [2.05, 4.69) is 0 Å². The van der Waals surface area contributed by atoms with Gasteiger partial charge in [0.25, 0.3) is 0 Å². The highest BCUT2D eigenvalue weighted by Crippen LogP contribution is 2.17. The molecule has 4 heteroatoms. The molecule has 0 bridgehead atoms. The molecule has 0 saturated carbocycles. The zero-order valence-corrected chi connectivity index (χ0v) is 17.2. The van der Waals surface area contributed by atoms with E-state index in [0.717, 1.165) is 22.3 Å². The predicted molar refractivity (Wildman–Crippen MR) is 116 cm³/mol. The van der Waals surface area contributed by atoms with Crippen molar-refractivity contribution in [2.45, 2.75) is 39.4 Å². The van der Waals surface area contributed by atoms with E-state index in [9.17, 15) is 9.59 Å². The highest BCUT2D eigenvalue weighted by molar-refractivity contribution is 5.91. The van der Waals surface area contributed by atoms with E-state index in [4.69, 9.17) is 9.47 Å². The number of ether oxygens (including phenoxy) is 2.